The Labute approximate surface area is 128 Å². The molecule has 1 aliphatic heterocycles. The highest BCUT2D eigenvalue weighted by Gasteiger charge is 2.61. The molecule has 3 rings (SSSR count). The van der Waals surface area contributed by atoms with Gasteiger partial charge in [-0.05, 0) is 11.1 Å². The maximum absolute atomic E-state index is 12.4. The van der Waals surface area contributed by atoms with Crippen LogP contribution in [0.3, 0.4) is 0 Å². The van der Waals surface area contributed by atoms with Crippen LogP contribution in [-0.2, 0) is 22.6 Å². The van der Waals surface area contributed by atoms with Crippen LogP contribution in [0.5, 0.6) is 0 Å². The lowest BCUT2D eigenvalue weighted by Crippen LogP contribution is -2.34. The van der Waals surface area contributed by atoms with E-state index < -0.39 is 4.75 Å². The molecule has 2 aromatic rings. The topological polar surface area (TPSA) is 52.3 Å². The lowest BCUT2D eigenvalue weighted by atomic mass is 9.99. The molecule has 1 aliphatic rings. The maximum atomic E-state index is 12.4. The van der Waals surface area contributed by atoms with Gasteiger partial charge in [0, 0.05) is 6.42 Å². The zero-order chi connectivity index (χ0) is 14.7. The highest BCUT2D eigenvalue weighted by molar-refractivity contribution is 8.09. The van der Waals surface area contributed by atoms with Crippen LogP contribution in [-0.4, -0.2) is 16.1 Å². The Morgan fingerprint density at radius 3 is 2.10 bits per heavy atom. The highest BCUT2D eigenvalue weighted by Crippen LogP contribution is 2.53. The summed E-state index contributed by atoms with van der Waals surface area (Å²) in [5.74, 6) is -0.215. The molecule has 0 bridgehead atoms. The molecule has 0 spiro atoms. The number of thioether (sulfide) groups is 1. The Morgan fingerprint density at radius 1 is 1.05 bits per heavy atom. The number of esters is 1. The van der Waals surface area contributed by atoms with Gasteiger partial charge < -0.3 is 10.5 Å². The van der Waals surface area contributed by atoms with Gasteiger partial charge >= 0.3 is 5.97 Å². The highest BCUT2D eigenvalue weighted by atomic mass is 32.2. The second kappa shape index (κ2) is 5.92. The first-order chi connectivity index (χ1) is 10.2. The van der Waals surface area contributed by atoms with E-state index >= 15 is 0 Å². The molecule has 4 heteroatoms. The predicted octanol–water partition coefficient (Wildman–Crippen LogP) is 2.74. The molecule has 0 aliphatic carbocycles. The lowest BCUT2D eigenvalue weighted by molar-refractivity contribution is -0.146. The minimum atomic E-state index is -0.615. The molecule has 1 unspecified atom stereocenters. The average Bonchev–Trinajstić information content (AvgIpc) is 3.18. The van der Waals surface area contributed by atoms with Gasteiger partial charge in [0.05, 0.1) is 5.37 Å². The van der Waals surface area contributed by atoms with Crippen molar-refractivity contribution < 1.29 is 9.53 Å². The SMILES string of the molecule is NC1S[C@]1(Cc1ccccc1)C(=O)OCc1ccccc1. The summed E-state index contributed by atoms with van der Waals surface area (Å²) in [6.07, 6.45) is 0.618. The van der Waals surface area contributed by atoms with E-state index in [0.717, 1.165) is 11.1 Å². The number of carbonyl (C=O) groups is 1. The van der Waals surface area contributed by atoms with Crippen molar-refractivity contribution in [1.29, 1.82) is 0 Å². The predicted molar refractivity (Wildman–Crippen MR) is 84.7 cm³/mol. The van der Waals surface area contributed by atoms with Crippen LogP contribution in [0.25, 0.3) is 0 Å². The molecule has 3 nitrogen and oxygen atoms in total. The molecule has 1 saturated heterocycles. The number of nitrogens with two attached hydrogens (primary N) is 1. The van der Waals surface area contributed by atoms with Crippen molar-refractivity contribution in [3.63, 3.8) is 0 Å². The Morgan fingerprint density at radius 2 is 1.57 bits per heavy atom. The van der Waals surface area contributed by atoms with Crippen molar-refractivity contribution >= 4 is 17.7 Å². The fourth-order valence-electron chi connectivity index (χ4n) is 2.32. The van der Waals surface area contributed by atoms with E-state index in [1.807, 2.05) is 60.7 Å². The summed E-state index contributed by atoms with van der Waals surface area (Å²) < 4.78 is 4.84. The molecule has 0 aromatic heterocycles. The van der Waals surface area contributed by atoms with Crippen LogP contribution >= 0.6 is 11.8 Å². The van der Waals surface area contributed by atoms with Crippen LogP contribution < -0.4 is 5.73 Å². The number of carbonyl (C=O) groups excluding carboxylic acids is 1. The van der Waals surface area contributed by atoms with E-state index in [0.29, 0.717) is 13.0 Å². The van der Waals surface area contributed by atoms with Crippen LogP contribution in [0.1, 0.15) is 11.1 Å². The summed E-state index contributed by atoms with van der Waals surface area (Å²) in [5, 5.41) is -0.180. The fraction of sp³-hybridized carbons (Fsp3) is 0.235. The average molecular weight is 299 g/mol. The molecule has 0 amide bonds. The van der Waals surface area contributed by atoms with Gasteiger partial charge in [0.1, 0.15) is 11.4 Å². The second-order valence-corrected chi connectivity index (χ2v) is 6.62. The van der Waals surface area contributed by atoms with Gasteiger partial charge in [-0.1, -0.05) is 60.7 Å². The Bertz CT molecular complexity index is 617. The minimum Gasteiger partial charge on any atom is -0.460 e. The van der Waals surface area contributed by atoms with E-state index in [1.54, 1.807) is 0 Å². The van der Waals surface area contributed by atoms with Crippen LogP contribution in [0.2, 0.25) is 0 Å². The second-order valence-electron chi connectivity index (χ2n) is 5.15. The fourth-order valence-corrected chi connectivity index (χ4v) is 3.29. The van der Waals surface area contributed by atoms with Crippen molar-refractivity contribution in [2.75, 3.05) is 0 Å². The van der Waals surface area contributed by atoms with Gasteiger partial charge in [-0.2, -0.15) is 0 Å². The summed E-state index contributed by atoms with van der Waals surface area (Å²) in [5.41, 5.74) is 8.07. The zero-order valence-corrected chi connectivity index (χ0v) is 12.4. The molecule has 2 N–H and O–H groups in total. The minimum absolute atomic E-state index is 0.180. The van der Waals surface area contributed by atoms with E-state index in [9.17, 15) is 4.79 Å². The Hall–Kier alpha value is -1.78. The maximum Gasteiger partial charge on any atom is 0.325 e. The molecule has 2 atom stereocenters. The van der Waals surface area contributed by atoms with Crippen LogP contribution in [0.4, 0.5) is 0 Å². The van der Waals surface area contributed by atoms with Gasteiger partial charge in [-0.15, -0.1) is 11.8 Å². The number of benzene rings is 2. The molecule has 2 aromatic carbocycles. The first kappa shape index (κ1) is 14.2. The summed E-state index contributed by atoms with van der Waals surface area (Å²) in [7, 11) is 0. The third-order valence-corrected chi connectivity index (χ3v) is 5.00. The van der Waals surface area contributed by atoms with Gasteiger partial charge in [-0.25, -0.2) is 0 Å². The number of hydrogen-bond acceptors (Lipinski definition) is 4. The summed E-state index contributed by atoms with van der Waals surface area (Å²) in [6, 6.07) is 19.6. The molecular formula is C17H17NO2S. The largest absolute Gasteiger partial charge is 0.460 e. The van der Waals surface area contributed by atoms with Crippen molar-refractivity contribution in [2.24, 2.45) is 5.73 Å². The van der Waals surface area contributed by atoms with Gasteiger partial charge in [0.15, 0.2) is 0 Å². The van der Waals surface area contributed by atoms with Gasteiger partial charge in [0.25, 0.3) is 0 Å². The van der Waals surface area contributed by atoms with Crippen molar-refractivity contribution in [1.82, 2.24) is 0 Å². The van der Waals surface area contributed by atoms with Crippen molar-refractivity contribution in [3.05, 3.63) is 71.8 Å². The smallest absolute Gasteiger partial charge is 0.325 e. The zero-order valence-electron chi connectivity index (χ0n) is 11.6. The van der Waals surface area contributed by atoms with Crippen molar-refractivity contribution in [2.45, 2.75) is 23.1 Å². The van der Waals surface area contributed by atoms with E-state index in [1.165, 1.54) is 11.8 Å². The summed E-state index contributed by atoms with van der Waals surface area (Å²) >= 11 is 1.48. The Kier molecular flexibility index (Phi) is 3.99. The molecule has 0 radical (unpaired) electrons. The molecule has 1 fully saturated rings. The van der Waals surface area contributed by atoms with Gasteiger partial charge in [-0.3, -0.25) is 4.79 Å². The van der Waals surface area contributed by atoms with E-state index in [2.05, 4.69) is 0 Å². The summed E-state index contributed by atoms with van der Waals surface area (Å²) in [6.45, 7) is 0.295. The number of rotatable bonds is 5. The van der Waals surface area contributed by atoms with E-state index in [4.69, 9.17) is 10.5 Å². The van der Waals surface area contributed by atoms with Gasteiger partial charge in [0.2, 0.25) is 0 Å². The van der Waals surface area contributed by atoms with Crippen LogP contribution in [0.15, 0.2) is 60.7 Å². The monoisotopic (exact) mass is 299 g/mol. The third-order valence-electron chi connectivity index (χ3n) is 3.61. The lowest BCUT2D eigenvalue weighted by Gasteiger charge is -2.14. The van der Waals surface area contributed by atoms with E-state index in [-0.39, 0.29) is 11.3 Å². The van der Waals surface area contributed by atoms with Crippen LogP contribution in [0, 0.1) is 0 Å². The molecule has 21 heavy (non-hydrogen) atoms. The normalized spacial score (nSPS) is 23.6. The number of ether oxygens (including phenoxy) is 1. The first-order valence-corrected chi connectivity index (χ1v) is 7.77. The standard InChI is InChI=1S/C17H17NO2S/c18-15-17(21-15,11-13-7-3-1-4-8-13)16(19)20-12-14-9-5-2-6-10-14/h1-10,15H,11-12,18H2/t15?,17-/m0/s1. The third kappa shape index (κ3) is 3.12. The quantitative estimate of drug-likeness (QED) is 0.681. The van der Waals surface area contributed by atoms with Crippen molar-refractivity contribution in [3.8, 4) is 0 Å². The first-order valence-electron chi connectivity index (χ1n) is 6.89. The Balaban J connectivity index is 1.65. The summed E-state index contributed by atoms with van der Waals surface area (Å²) in [4.78, 5) is 12.4. The molecule has 1 heterocycles. The molecule has 108 valence electrons. The number of hydrogen-bond donors (Lipinski definition) is 1. The molecular weight excluding hydrogens is 282 g/mol. The molecule has 0 saturated carbocycles.